The molecule has 0 saturated heterocycles. The third-order valence-corrected chi connectivity index (χ3v) is 12.0. The summed E-state index contributed by atoms with van der Waals surface area (Å²) in [6, 6.07) is 56.0. The van der Waals surface area contributed by atoms with E-state index in [1.165, 1.54) is 20.6 Å². The van der Waals surface area contributed by atoms with Gasteiger partial charge in [-0.2, -0.15) is 0 Å². The molecular weight excluding hydrogens is 651 g/mol. The first-order valence-electron chi connectivity index (χ1n) is 16.1. The molecule has 0 radical (unpaired) electrons. The molecule has 48 heavy (non-hydrogen) atoms. The predicted octanol–water partition coefficient (Wildman–Crippen LogP) is 9.48. The molecule has 3 heterocycles. The number of hydrogen-bond donors (Lipinski definition) is 0. The van der Waals surface area contributed by atoms with Crippen molar-refractivity contribution in [3.05, 3.63) is 180 Å². The van der Waals surface area contributed by atoms with Crippen LogP contribution in [0.5, 0.6) is 0 Å². The van der Waals surface area contributed by atoms with E-state index >= 15 is 0 Å². The summed E-state index contributed by atoms with van der Waals surface area (Å²) in [7, 11) is 0. The van der Waals surface area contributed by atoms with E-state index in [0.717, 1.165) is 54.5 Å². The van der Waals surface area contributed by atoms with Crippen molar-refractivity contribution >= 4 is 45.8 Å². The van der Waals surface area contributed by atoms with Gasteiger partial charge in [-0.15, -0.1) is 0 Å². The molecule has 0 fully saturated rings. The van der Waals surface area contributed by atoms with Crippen molar-refractivity contribution < 1.29 is 0 Å². The zero-order valence-corrected chi connectivity index (χ0v) is 27.4. The summed E-state index contributed by atoms with van der Waals surface area (Å²) in [5.74, 6) is 2.09. The van der Waals surface area contributed by atoms with E-state index in [4.69, 9.17) is 19.9 Å². The number of fused-ring (bicyclic) bond motifs is 6. The Hall–Kier alpha value is -5.74. The van der Waals surface area contributed by atoms with Gasteiger partial charge in [-0.1, -0.05) is 0 Å². The molecule has 224 valence electrons. The third-order valence-electron chi connectivity index (χ3n) is 9.59. The Labute approximate surface area is 283 Å². The third kappa shape index (κ3) is 4.02. The van der Waals surface area contributed by atoms with Crippen molar-refractivity contribution in [2.45, 2.75) is 5.41 Å². The Morgan fingerprint density at radius 3 is 1.96 bits per heavy atom. The molecule has 9 aromatic rings. The van der Waals surface area contributed by atoms with Gasteiger partial charge >= 0.3 is 284 Å². The molecule has 0 amide bonds. The van der Waals surface area contributed by atoms with Crippen molar-refractivity contribution in [1.29, 1.82) is 0 Å². The summed E-state index contributed by atoms with van der Waals surface area (Å²) in [6.45, 7) is 0. The van der Waals surface area contributed by atoms with Gasteiger partial charge in [0.15, 0.2) is 0 Å². The Bertz CT molecular complexity index is 2660. The van der Waals surface area contributed by atoms with Crippen molar-refractivity contribution in [3.63, 3.8) is 0 Å². The van der Waals surface area contributed by atoms with E-state index in [0.29, 0.717) is 11.6 Å². The summed E-state index contributed by atoms with van der Waals surface area (Å²) >= 11 is 0.0611. The zero-order chi connectivity index (χ0) is 31.7. The summed E-state index contributed by atoms with van der Waals surface area (Å²) in [5.41, 5.74) is 6.82. The van der Waals surface area contributed by atoms with E-state index in [9.17, 15) is 0 Å². The second-order valence-electron chi connectivity index (χ2n) is 12.2. The molecule has 0 N–H and O–H groups in total. The average molecular weight is 678 g/mol. The Morgan fingerprint density at radius 1 is 0.479 bits per heavy atom. The first kappa shape index (κ1) is 27.4. The maximum absolute atomic E-state index is 5.37. The number of nitrogens with zero attached hydrogens (tertiary/aromatic N) is 4. The van der Waals surface area contributed by atoms with Crippen LogP contribution in [-0.2, 0) is 5.41 Å². The summed E-state index contributed by atoms with van der Waals surface area (Å²) < 4.78 is 2.48. The fourth-order valence-corrected chi connectivity index (χ4v) is 9.71. The van der Waals surface area contributed by atoms with Crippen LogP contribution < -0.4 is 0 Å². The standard InChI is InChI=1S/C43H26N4Se/c1-4-12-29(13-5-1)39-45-40-33-20-10-16-28-17-11-21-35(37(28)33)43(42(46-39)47-40,31-18-8-3-9-19-31)32-24-22-27-23-25-36-38(34(27)26-32)48-41(44-36)30-14-6-2-7-15-30/h1-26H. The van der Waals surface area contributed by atoms with Crippen molar-refractivity contribution in [2.75, 3.05) is 0 Å². The van der Waals surface area contributed by atoms with Crippen LogP contribution in [0, 0.1) is 0 Å². The van der Waals surface area contributed by atoms with Gasteiger partial charge in [-0.3, -0.25) is 0 Å². The molecule has 5 heteroatoms. The van der Waals surface area contributed by atoms with Gasteiger partial charge in [0.25, 0.3) is 0 Å². The number of hydrogen-bond acceptors (Lipinski definition) is 4. The van der Waals surface area contributed by atoms with E-state index in [2.05, 4.69) is 140 Å². The van der Waals surface area contributed by atoms with Gasteiger partial charge in [0.2, 0.25) is 0 Å². The van der Waals surface area contributed by atoms with Gasteiger partial charge in [-0.25, -0.2) is 0 Å². The maximum atomic E-state index is 5.37. The monoisotopic (exact) mass is 678 g/mol. The minimum absolute atomic E-state index is 0.0611. The van der Waals surface area contributed by atoms with Crippen LogP contribution in [-0.4, -0.2) is 34.4 Å². The predicted molar refractivity (Wildman–Crippen MR) is 195 cm³/mol. The topological polar surface area (TPSA) is 51.6 Å². The van der Waals surface area contributed by atoms with E-state index in [-0.39, 0.29) is 14.5 Å². The SMILES string of the molecule is c1ccc(-c2nc3nc(n2)C(c2ccccc2)(c2ccc4ccc5nc(-c6ccccc6)[se]c5c4c2)c2cccc4cccc-3c24)cc1. The molecule has 0 saturated carbocycles. The minimum atomic E-state index is -0.819. The zero-order valence-electron chi connectivity index (χ0n) is 25.7. The molecule has 7 aromatic carbocycles. The quantitative estimate of drug-likeness (QED) is 0.174. The molecule has 0 spiro atoms. The molecule has 0 aliphatic carbocycles. The van der Waals surface area contributed by atoms with Crippen LogP contribution in [0.2, 0.25) is 0 Å². The van der Waals surface area contributed by atoms with Gasteiger partial charge in [0, 0.05) is 0 Å². The van der Waals surface area contributed by atoms with Crippen molar-refractivity contribution in [1.82, 2.24) is 19.9 Å². The molecule has 2 aromatic heterocycles. The molecule has 10 rings (SSSR count). The normalized spacial score (nSPS) is 15.2. The second kappa shape index (κ2) is 10.6. The summed E-state index contributed by atoms with van der Waals surface area (Å²) in [5, 5.41) is 4.75. The number of aromatic nitrogens is 4. The second-order valence-corrected chi connectivity index (χ2v) is 14.3. The fraction of sp³-hybridized carbons (Fsp3) is 0.0233. The van der Waals surface area contributed by atoms with Crippen LogP contribution >= 0.6 is 0 Å². The fourth-order valence-electron chi connectivity index (χ4n) is 7.41. The molecule has 4 nitrogen and oxygen atoms in total. The molecule has 1 aliphatic heterocycles. The van der Waals surface area contributed by atoms with E-state index in [1.54, 1.807) is 0 Å². The number of rotatable bonds is 4. The van der Waals surface area contributed by atoms with Crippen LogP contribution in [0.4, 0.5) is 0 Å². The molecule has 1 aliphatic rings. The van der Waals surface area contributed by atoms with Gasteiger partial charge < -0.3 is 0 Å². The van der Waals surface area contributed by atoms with Crippen molar-refractivity contribution in [3.8, 4) is 32.9 Å². The van der Waals surface area contributed by atoms with Gasteiger partial charge in [0.1, 0.15) is 0 Å². The molecule has 2 bridgehead atoms. The van der Waals surface area contributed by atoms with Crippen LogP contribution in [0.25, 0.3) is 64.2 Å². The van der Waals surface area contributed by atoms with Crippen molar-refractivity contribution in [2.24, 2.45) is 0 Å². The summed E-state index contributed by atoms with van der Waals surface area (Å²) in [4.78, 5) is 21.0. The Balaban J connectivity index is 1.35. The van der Waals surface area contributed by atoms with Crippen LogP contribution in [0.1, 0.15) is 22.5 Å². The average Bonchev–Trinajstić information content (AvgIpc) is 3.58. The van der Waals surface area contributed by atoms with E-state index < -0.39 is 5.41 Å². The van der Waals surface area contributed by atoms with E-state index in [1.807, 2.05) is 18.2 Å². The Kier molecular flexibility index (Phi) is 6.07. The van der Waals surface area contributed by atoms with Crippen LogP contribution in [0.15, 0.2) is 158 Å². The van der Waals surface area contributed by atoms with Crippen LogP contribution in [0.3, 0.4) is 0 Å². The first-order valence-corrected chi connectivity index (χ1v) is 17.8. The Morgan fingerprint density at radius 2 is 1.17 bits per heavy atom. The first-order chi connectivity index (χ1) is 23.8. The molecule has 1 atom stereocenters. The molecular formula is C43H26N4Se. The number of benzene rings is 7. The van der Waals surface area contributed by atoms with Gasteiger partial charge in [-0.05, 0) is 0 Å². The van der Waals surface area contributed by atoms with Gasteiger partial charge in [0.05, 0.1) is 0 Å². The molecule has 1 unspecified atom stereocenters. The summed E-state index contributed by atoms with van der Waals surface area (Å²) in [6.07, 6.45) is 0.